The summed E-state index contributed by atoms with van der Waals surface area (Å²) in [6, 6.07) is 4.25. The Balaban J connectivity index is 2.05. The van der Waals surface area contributed by atoms with Gasteiger partial charge in [-0.2, -0.15) is 21.6 Å². The minimum atomic E-state index is -5.76. The Morgan fingerprint density at radius 1 is 1.26 bits per heavy atom. The number of nitrogens with zero attached hydrogens (tertiary/aromatic N) is 1. The van der Waals surface area contributed by atoms with Crippen LogP contribution in [0.4, 0.5) is 13.2 Å². The molecule has 1 aliphatic rings. The molecule has 27 heavy (non-hydrogen) atoms. The second-order valence-electron chi connectivity index (χ2n) is 6.29. The van der Waals surface area contributed by atoms with Crippen molar-refractivity contribution in [2.75, 3.05) is 13.1 Å². The van der Waals surface area contributed by atoms with Gasteiger partial charge >= 0.3 is 15.6 Å². The third-order valence-electron chi connectivity index (χ3n) is 4.43. The molecule has 1 fully saturated rings. The van der Waals surface area contributed by atoms with Crippen LogP contribution in [0.1, 0.15) is 44.6 Å². The third-order valence-corrected chi connectivity index (χ3v) is 5.69. The minimum absolute atomic E-state index is 0.255. The SMILES string of the molecule is CCN(CC#Cc1ccc(OS(=O)(=O)C(F)(F)F)c(Cl)c1)C1CCCCC1. The summed E-state index contributed by atoms with van der Waals surface area (Å²) in [6.07, 6.45) is 6.07. The standard InChI is InChI=1S/C18H21ClF3NO3S/c1-2-23(15-8-4-3-5-9-15)12-6-7-14-10-11-17(16(19)13-14)26-27(24,25)18(20,21)22/h10-11,13,15H,2-5,8-9,12H2,1H3. The van der Waals surface area contributed by atoms with Gasteiger partial charge < -0.3 is 4.18 Å². The van der Waals surface area contributed by atoms with Crippen molar-refractivity contribution in [1.29, 1.82) is 0 Å². The van der Waals surface area contributed by atoms with Crippen molar-refractivity contribution in [3.05, 3.63) is 28.8 Å². The summed E-state index contributed by atoms with van der Waals surface area (Å²) in [5, 5.41) is -0.255. The summed E-state index contributed by atoms with van der Waals surface area (Å²) in [5.41, 5.74) is -5.05. The summed E-state index contributed by atoms with van der Waals surface area (Å²) in [5.74, 6) is 5.37. The Kier molecular flexibility index (Phi) is 7.43. The number of hydrogen-bond donors (Lipinski definition) is 0. The van der Waals surface area contributed by atoms with Gasteiger partial charge in [0.25, 0.3) is 0 Å². The highest BCUT2D eigenvalue weighted by Crippen LogP contribution is 2.31. The molecule has 0 spiro atoms. The fraction of sp³-hybridized carbons (Fsp3) is 0.556. The van der Waals surface area contributed by atoms with Gasteiger partial charge in [0.1, 0.15) is 0 Å². The van der Waals surface area contributed by atoms with Crippen LogP contribution in [0.3, 0.4) is 0 Å². The van der Waals surface area contributed by atoms with Crippen LogP contribution in [0.2, 0.25) is 5.02 Å². The Bertz CT molecular complexity index is 809. The fourth-order valence-corrected chi connectivity index (χ4v) is 3.74. The van der Waals surface area contributed by atoms with Crippen LogP contribution in [0.25, 0.3) is 0 Å². The topological polar surface area (TPSA) is 46.6 Å². The molecular weight excluding hydrogens is 403 g/mol. The molecule has 4 nitrogen and oxygen atoms in total. The molecule has 0 atom stereocenters. The summed E-state index contributed by atoms with van der Waals surface area (Å²) >= 11 is 5.84. The molecule has 0 unspecified atom stereocenters. The molecule has 1 aromatic rings. The first-order valence-corrected chi connectivity index (χ1v) is 10.5. The number of halogens is 4. The highest BCUT2D eigenvalue weighted by Gasteiger charge is 2.48. The van der Waals surface area contributed by atoms with Gasteiger partial charge in [-0.25, -0.2) is 0 Å². The highest BCUT2D eigenvalue weighted by molar-refractivity contribution is 7.88. The zero-order valence-electron chi connectivity index (χ0n) is 14.9. The first-order chi connectivity index (χ1) is 12.6. The fourth-order valence-electron chi connectivity index (χ4n) is 3.00. The molecule has 150 valence electrons. The van der Waals surface area contributed by atoms with E-state index in [9.17, 15) is 21.6 Å². The first kappa shape index (κ1) is 21.9. The van der Waals surface area contributed by atoms with E-state index in [2.05, 4.69) is 27.8 Å². The van der Waals surface area contributed by atoms with Gasteiger partial charge in [0.2, 0.25) is 0 Å². The Morgan fingerprint density at radius 2 is 1.93 bits per heavy atom. The molecule has 1 aromatic carbocycles. The normalized spacial score (nSPS) is 16.1. The van der Waals surface area contributed by atoms with E-state index in [-0.39, 0.29) is 5.02 Å². The molecular formula is C18H21ClF3NO3S. The lowest BCUT2D eigenvalue weighted by molar-refractivity contribution is -0.0500. The largest absolute Gasteiger partial charge is 0.534 e. The molecule has 1 aliphatic carbocycles. The molecule has 0 aromatic heterocycles. The maximum atomic E-state index is 12.4. The third kappa shape index (κ3) is 6.03. The van der Waals surface area contributed by atoms with E-state index in [4.69, 9.17) is 11.6 Å². The Labute approximate surface area is 162 Å². The van der Waals surface area contributed by atoms with Crippen molar-refractivity contribution in [3.63, 3.8) is 0 Å². The van der Waals surface area contributed by atoms with Crippen LogP contribution in [0.15, 0.2) is 18.2 Å². The summed E-state index contributed by atoms with van der Waals surface area (Å²) < 4.78 is 63.3. The first-order valence-electron chi connectivity index (χ1n) is 8.67. The summed E-state index contributed by atoms with van der Waals surface area (Å²) in [6.45, 7) is 3.56. The lowest BCUT2D eigenvalue weighted by Gasteiger charge is -2.32. The number of benzene rings is 1. The van der Waals surface area contributed by atoms with Crippen molar-refractivity contribution in [3.8, 4) is 17.6 Å². The lowest BCUT2D eigenvalue weighted by atomic mass is 9.94. The second kappa shape index (κ2) is 9.18. The highest BCUT2D eigenvalue weighted by atomic mass is 35.5. The monoisotopic (exact) mass is 423 g/mol. The number of hydrogen-bond acceptors (Lipinski definition) is 4. The van der Waals surface area contributed by atoms with Crippen molar-refractivity contribution in [1.82, 2.24) is 4.90 Å². The minimum Gasteiger partial charge on any atom is -0.374 e. The van der Waals surface area contributed by atoms with E-state index < -0.39 is 21.4 Å². The number of rotatable bonds is 5. The summed E-state index contributed by atoms with van der Waals surface area (Å²) in [4.78, 5) is 2.31. The summed E-state index contributed by atoms with van der Waals surface area (Å²) in [7, 11) is -5.76. The smallest absolute Gasteiger partial charge is 0.374 e. The Morgan fingerprint density at radius 3 is 2.48 bits per heavy atom. The molecule has 0 bridgehead atoms. The average Bonchev–Trinajstić information content (AvgIpc) is 2.60. The predicted octanol–water partition coefficient (Wildman–Crippen LogP) is 4.57. The zero-order valence-corrected chi connectivity index (χ0v) is 16.4. The van der Waals surface area contributed by atoms with Crippen molar-refractivity contribution in [2.45, 2.75) is 50.6 Å². The lowest BCUT2D eigenvalue weighted by Crippen LogP contribution is -2.36. The van der Waals surface area contributed by atoms with Gasteiger partial charge in [-0.1, -0.05) is 49.6 Å². The van der Waals surface area contributed by atoms with Gasteiger partial charge in [0.15, 0.2) is 5.75 Å². The number of alkyl halides is 3. The maximum absolute atomic E-state index is 12.4. The van der Waals surface area contributed by atoms with Gasteiger partial charge in [-0.05, 0) is 37.6 Å². The molecule has 1 saturated carbocycles. The molecule has 0 N–H and O–H groups in total. The van der Waals surface area contributed by atoms with Gasteiger partial charge in [-0.3, -0.25) is 4.90 Å². The molecule has 0 radical (unpaired) electrons. The van der Waals surface area contributed by atoms with Crippen molar-refractivity contribution in [2.24, 2.45) is 0 Å². The van der Waals surface area contributed by atoms with Crippen LogP contribution in [0.5, 0.6) is 5.75 Å². The van der Waals surface area contributed by atoms with Gasteiger partial charge in [0, 0.05) is 11.6 Å². The van der Waals surface area contributed by atoms with Crippen LogP contribution in [0, 0.1) is 11.8 Å². The quantitative estimate of drug-likeness (QED) is 0.395. The van der Waals surface area contributed by atoms with E-state index in [0.717, 1.165) is 12.6 Å². The van der Waals surface area contributed by atoms with E-state index >= 15 is 0 Å². The molecule has 2 rings (SSSR count). The van der Waals surface area contributed by atoms with Crippen LogP contribution in [-0.2, 0) is 10.1 Å². The van der Waals surface area contributed by atoms with Crippen LogP contribution >= 0.6 is 11.6 Å². The molecule has 0 amide bonds. The van der Waals surface area contributed by atoms with Crippen LogP contribution in [-0.4, -0.2) is 38.0 Å². The molecule has 0 saturated heterocycles. The second-order valence-corrected chi connectivity index (χ2v) is 8.23. The Hall–Kier alpha value is -1.43. The van der Waals surface area contributed by atoms with E-state index in [1.54, 1.807) is 0 Å². The van der Waals surface area contributed by atoms with Gasteiger partial charge in [0.05, 0.1) is 11.6 Å². The molecule has 0 aliphatic heterocycles. The molecule has 9 heteroatoms. The van der Waals surface area contributed by atoms with E-state index in [0.29, 0.717) is 18.2 Å². The predicted molar refractivity (Wildman–Crippen MR) is 98.1 cm³/mol. The van der Waals surface area contributed by atoms with Crippen molar-refractivity contribution < 1.29 is 25.8 Å². The van der Waals surface area contributed by atoms with E-state index in [1.807, 2.05) is 0 Å². The van der Waals surface area contributed by atoms with E-state index in [1.165, 1.54) is 44.2 Å². The molecule has 0 heterocycles. The zero-order chi connectivity index (χ0) is 20.1. The van der Waals surface area contributed by atoms with Gasteiger partial charge in [-0.15, -0.1) is 0 Å². The van der Waals surface area contributed by atoms with Crippen molar-refractivity contribution >= 4 is 21.7 Å². The van der Waals surface area contributed by atoms with Crippen LogP contribution < -0.4 is 4.18 Å². The average molecular weight is 424 g/mol. The maximum Gasteiger partial charge on any atom is 0.534 e.